The SMILES string of the molecule is NCCSSCCNC(=O)C(F)(F)F. The van der Waals surface area contributed by atoms with Gasteiger partial charge in [0.05, 0.1) is 0 Å². The molecule has 0 spiro atoms. The number of nitrogens with two attached hydrogens (primary N) is 1. The average Bonchev–Trinajstić information content (AvgIpc) is 2.09. The third-order valence-corrected chi connectivity index (χ3v) is 3.45. The van der Waals surface area contributed by atoms with Crippen molar-refractivity contribution in [2.45, 2.75) is 6.18 Å². The van der Waals surface area contributed by atoms with Gasteiger partial charge in [0.1, 0.15) is 0 Å². The lowest BCUT2D eigenvalue weighted by atomic mass is 10.5. The number of rotatable bonds is 6. The predicted molar refractivity (Wildman–Crippen MR) is 53.0 cm³/mol. The Kier molecular flexibility index (Phi) is 7.20. The van der Waals surface area contributed by atoms with Gasteiger partial charge < -0.3 is 11.1 Å². The largest absolute Gasteiger partial charge is 0.471 e. The van der Waals surface area contributed by atoms with Crippen LogP contribution in [0.1, 0.15) is 0 Å². The first kappa shape index (κ1) is 13.9. The number of amides is 1. The van der Waals surface area contributed by atoms with Gasteiger partial charge in [-0.2, -0.15) is 13.2 Å². The first-order valence-corrected chi connectivity index (χ1v) is 6.26. The topological polar surface area (TPSA) is 55.1 Å². The highest BCUT2D eigenvalue weighted by molar-refractivity contribution is 8.76. The second-order valence-electron chi connectivity index (χ2n) is 2.19. The molecule has 1 amide bonds. The van der Waals surface area contributed by atoms with Crippen molar-refractivity contribution < 1.29 is 18.0 Å². The van der Waals surface area contributed by atoms with Crippen molar-refractivity contribution in [3.63, 3.8) is 0 Å². The first-order valence-electron chi connectivity index (χ1n) is 3.78. The average molecular weight is 248 g/mol. The summed E-state index contributed by atoms with van der Waals surface area (Å²) in [6, 6.07) is 0. The van der Waals surface area contributed by atoms with Crippen molar-refractivity contribution in [1.29, 1.82) is 0 Å². The summed E-state index contributed by atoms with van der Waals surface area (Å²) >= 11 is 0. The Morgan fingerprint density at radius 3 is 2.36 bits per heavy atom. The van der Waals surface area contributed by atoms with Gasteiger partial charge in [-0.05, 0) is 0 Å². The molecule has 84 valence electrons. The zero-order valence-corrected chi connectivity index (χ0v) is 8.90. The van der Waals surface area contributed by atoms with Crippen LogP contribution in [0.3, 0.4) is 0 Å². The van der Waals surface area contributed by atoms with Crippen molar-refractivity contribution in [3.05, 3.63) is 0 Å². The maximum Gasteiger partial charge on any atom is 0.471 e. The van der Waals surface area contributed by atoms with Crippen LogP contribution in [-0.2, 0) is 4.79 Å². The molecule has 0 fully saturated rings. The van der Waals surface area contributed by atoms with Crippen LogP contribution in [0.2, 0.25) is 0 Å². The van der Waals surface area contributed by atoms with E-state index in [0.29, 0.717) is 12.3 Å². The van der Waals surface area contributed by atoms with E-state index in [1.165, 1.54) is 21.6 Å². The number of hydrogen-bond donors (Lipinski definition) is 2. The smallest absolute Gasteiger partial charge is 0.347 e. The maximum absolute atomic E-state index is 11.6. The Morgan fingerprint density at radius 1 is 1.29 bits per heavy atom. The molecule has 0 saturated carbocycles. The molecule has 0 bridgehead atoms. The molecule has 0 aromatic heterocycles. The number of carbonyl (C=O) groups excluding carboxylic acids is 1. The Hall–Kier alpha value is -0.0800. The third kappa shape index (κ3) is 7.34. The fourth-order valence-corrected chi connectivity index (χ4v) is 2.24. The van der Waals surface area contributed by atoms with Crippen LogP contribution in [0.4, 0.5) is 13.2 Å². The van der Waals surface area contributed by atoms with Crippen LogP contribution in [0, 0.1) is 0 Å². The summed E-state index contributed by atoms with van der Waals surface area (Å²) < 4.78 is 34.9. The van der Waals surface area contributed by atoms with Gasteiger partial charge in [-0.15, -0.1) is 0 Å². The van der Waals surface area contributed by atoms with Gasteiger partial charge in [0.2, 0.25) is 0 Å². The highest BCUT2D eigenvalue weighted by atomic mass is 33.1. The number of carbonyl (C=O) groups is 1. The molecule has 0 saturated heterocycles. The van der Waals surface area contributed by atoms with Crippen molar-refractivity contribution >= 4 is 27.5 Å². The molecule has 0 unspecified atom stereocenters. The lowest BCUT2D eigenvalue weighted by Gasteiger charge is -2.06. The van der Waals surface area contributed by atoms with Crippen LogP contribution in [0.15, 0.2) is 0 Å². The number of halogens is 3. The number of nitrogens with one attached hydrogen (secondary N) is 1. The van der Waals surface area contributed by atoms with E-state index < -0.39 is 12.1 Å². The summed E-state index contributed by atoms with van der Waals surface area (Å²) in [6.07, 6.45) is -4.78. The molecule has 0 aliphatic rings. The number of alkyl halides is 3. The zero-order chi connectivity index (χ0) is 11.0. The molecule has 0 aromatic rings. The maximum atomic E-state index is 11.6. The van der Waals surface area contributed by atoms with Gasteiger partial charge in [0.25, 0.3) is 0 Å². The highest BCUT2D eigenvalue weighted by Crippen LogP contribution is 2.19. The molecule has 0 aromatic carbocycles. The van der Waals surface area contributed by atoms with Crippen molar-refractivity contribution in [3.8, 4) is 0 Å². The summed E-state index contributed by atoms with van der Waals surface area (Å²) in [5, 5.41) is 1.77. The minimum Gasteiger partial charge on any atom is -0.347 e. The van der Waals surface area contributed by atoms with E-state index in [0.717, 1.165) is 5.75 Å². The zero-order valence-electron chi connectivity index (χ0n) is 7.26. The quantitative estimate of drug-likeness (QED) is 0.544. The minimum absolute atomic E-state index is 0.0145. The summed E-state index contributed by atoms with van der Waals surface area (Å²) in [5.74, 6) is -0.702. The van der Waals surface area contributed by atoms with E-state index in [1.54, 1.807) is 5.32 Å². The normalized spacial score (nSPS) is 11.4. The van der Waals surface area contributed by atoms with E-state index in [1.807, 2.05) is 0 Å². The van der Waals surface area contributed by atoms with E-state index >= 15 is 0 Å². The molecule has 0 aliphatic heterocycles. The molecule has 0 atom stereocenters. The predicted octanol–water partition coefficient (Wildman–Crippen LogP) is 1.00. The Bertz CT molecular complexity index is 177. The minimum atomic E-state index is -4.78. The highest BCUT2D eigenvalue weighted by Gasteiger charge is 2.38. The molecular weight excluding hydrogens is 237 g/mol. The molecule has 0 radical (unpaired) electrons. The first-order chi connectivity index (χ1) is 6.48. The Morgan fingerprint density at radius 2 is 1.86 bits per heavy atom. The van der Waals surface area contributed by atoms with Gasteiger partial charge >= 0.3 is 12.1 Å². The fraction of sp³-hybridized carbons (Fsp3) is 0.833. The van der Waals surface area contributed by atoms with Crippen molar-refractivity contribution in [2.75, 3.05) is 24.6 Å². The summed E-state index contributed by atoms with van der Waals surface area (Å²) in [6.45, 7) is 0.549. The molecule has 3 N–H and O–H groups in total. The van der Waals surface area contributed by atoms with E-state index in [9.17, 15) is 18.0 Å². The van der Waals surface area contributed by atoms with E-state index in [2.05, 4.69) is 0 Å². The van der Waals surface area contributed by atoms with Crippen LogP contribution < -0.4 is 11.1 Å². The van der Waals surface area contributed by atoms with Gasteiger partial charge in [-0.1, -0.05) is 21.6 Å². The number of hydrogen-bond acceptors (Lipinski definition) is 4. The van der Waals surface area contributed by atoms with Crippen molar-refractivity contribution in [1.82, 2.24) is 5.32 Å². The van der Waals surface area contributed by atoms with E-state index in [-0.39, 0.29) is 6.54 Å². The lowest BCUT2D eigenvalue weighted by molar-refractivity contribution is -0.173. The molecule has 0 rings (SSSR count). The fourth-order valence-electron chi connectivity index (χ4n) is 0.472. The molecule has 0 heterocycles. The second-order valence-corrected chi connectivity index (χ2v) is 4.89. The van der Waals surface area contributed by atoms with Crippen molar-refractivity contribution in [2.24, 2.45) is 5.73 Å². The van der Waals surface area contributed by atoms with Gasteiger partial charge in [0, 0.05) is 24.6 Å². The van der Waals surface area contributed by atoms with Gasteiger partial charge in [0.15, 0.2) is 0 Å². The van der Waals surface area contributed by atoms with Crippen LogP contribution in [0.5, 0.6) is 0 Å². The molecule has 3 nitrogen and oxygen atoms in total. The van der Waals surface area contributed by atoms with Crippen LogP contribution in [-0.4, -0.2) is 36.7 Å². The van der Waals surface area contributed by atoms with E-state index in [4.69, 9.17) is 5.73 Å². The molecule has 0 aliphatic carbocycles. The molecule has 8 heteroatoms. The Labute approximate surface area is 87.8 Å². The molecule has 14 heavy (non-hydrogen) atoms. The second kappa shape index (κ2) is 7.24. The Balaban J connectivity index is 3.33. The van der Waals surface area contributed by atoms with Gasteiger partial charge in [-0.3, -0.25) is 4.79 Å². The summed E-state index contributed by atoms with van der Waals surface area (Å²) in [4.78, 5) is 10.3. The lowest BCUT2D eigenvalue weighted by Crippen LogP contribution is -2.37. The monoisotopic (exact) mass is 248 g/mol. The summed E-state index contributed by atoms with van der Waals surface area (Å²) in [7, 11) is 2.86. The standard InChI is InChI=1S/C6H11F3N2OS2/c7-6(8,9)5(12)11-2-4-14-13-3-1-10/h1-4,10H2,(H,11,12). The van der Waals surface area contributed by atoms with Crippen LogP contribution >= 0.6 is 21.6 Å². The molecular formula is C6H11F3N2OS2. The van der Waals surface area contributed by atoms with Crippen LogP contribution in [0.25, 0.3) is 0 Å². The summed E-state index contributed by atoms with van der Waals surface area (Å²) in [5.41, 5.74) is 5.20. The van der Waals surface area contributed by atoms with Gasteiger partial charge in [-0.25, -0.2) is 0 Å². The third-order valence-electron chi connectivity index (χ3n) is 1.01.